The minimum Gasteiger partial charge on any atom is -0.381 e. The summed E-state index contributed by atoms with van der Waals surface area (Å²) in [4.78, 5) is 12.4. The number of anilines is 1. The van der Waals surface area contributed by atoms with E-state index in [9.17, 15) is 4.79 Å². The van der Waals surface area contributed by atoms with E-state index in [0.29, 0.717) is 11.6 Å². The highest BCUT2D eigenvalue weighted by Gasteiger charge is 2.30. The molecule has 4 nitrogen and oxygen atoms in total. The number of hydrogen-bond donors (Lipinski definition) is 1. The summed E-state index contributed by atoms with van der Waals surface area (Å²) in [5.41, 5.74) is 2.75. The Labute approximate surface area is 163 Å². The van der Waals surface area contributed by atoms with Gasteiger partial charge in [0.2, 0.25) is 0 Å². The van der Waals surface area contributed by atoms with Crippen molar-refractivity contribution in [3.05, 3.63) is 65.8 Å². The lowest BCUT2D eigenvalue weighted by Crippen LogP contribution is -2.50. The lowest BCUT2D eigenvalue weighted by molar-refractivity contribution is -0.929. The van der Waals surface area contributed by atoms with E-state index in [4.69, 9.17) is 4.74 Å². The summed E-state index contributed by atoms with van der Waals surface area (Å²) in [6, 6.07) is 8.83. The van der Waals surface area contributed by atoms with Gasteiger partial charge in [0.15, 0.2) is 0 Å². The lowest BCUT2D eigenvalue weighted by Gasteiger charge is -2.40. The van der Waals surface area contributed by atoms with Crippen LogP contribution in [0.2, 0.25) is 0 Å². The Morgan fingerprint density at radius 2 is 1.81 bits per heavy atom. The standard InChI is InChI=1S/C23H32N2O2/c1-5-7-8-9-20(6-2)23(26)24-21-12-10-19(11-13-21)18-25(3,4)22-14-16-27-17-15-22/h5-13,22H,14-18H2,1-4H3/p+1/b7-5+,9-8-,20-6+. The third-order valence-electron chi connectivity index (χ3n) is 5.13. The van der Waals surface area contributed by atoms with Gasteiger partial charge in [0.25, 0.3) is 5.91 Å². The fourth-order valence-electron chi connectivity index (χ4n) is 3.45. The van der Waals surface area contributed by atoms with Crippen LogP contribution in [0, 0.1) is 0 Å². The molecule has 1 N–H and O–H groups in total. The Balaban J connectivity index is 1.97. The van der Waals surface area contributed by atoms with Gasteiger partial charge >= 0.3 is 0 Å². The zero-order valence-electron chi connectivity index (χ0n) is 17.1. The normalized spacial score (nSPS) is 17.0. The van der Waals surface area contributed by atoms with Gasteiger partial charge in [0.05, 0.1) is 33.4 Å². The Hall–Kier alpha value is -2.17. The van der Waals surface area contributed by atoms with E-state index in [1.807, 2.05) is 56.4 Å². The van der Waals surface area contributed by atoms with Crippen molar-refractivity contribution in [2.24, 2.45) is 0 Å². The predicted molar refractivity (Wildman–Crippen MR) is 112 cm³/mol. The van der Waals surface area contributed by atoms with Gasteiger partial charge in [-0.25, -0.2) is 0 Å². The molecule has 0 aromatic heterocycles. The fraction of sp³-hybridized carbons (Fsp3) is 0.435. The number of carbonyl (C=O) groups is 1. The smallest absolute Gasteiger partial charge is 0.255 e. The molecule has 0 radical (unpaired) electrons. The number of nitrogens with one attached hydrogen (secondary N) is 1. The molecule has 1 saturated heterocycles. The summed E-state index contributed by atoms with van der Waals surface area (Å²) in [6.45, 7) is 6.53. The van der Waals surface area contributed by atoms with Crippen LogP contribution in [0.3, 0.4) is 0 Å². The highest BCUT2D eigenvalue weighted by Crippen LogP contribution is 2.23. The van der Waals surface area contributed by atoms with Crippen LogP contribution in [0.4, 0.5) is 5.69 Å². The van der Waals surface area contributed by atoms with E-state index in [0.717, 1.165) is 42.8 Å². The number of carbonyl (C=O) groups excluding carboxylic acids is 1. The topological polar surface area (TPSA) is 38.3 Å². The maximum absolute atomic E-state index is 12.4. The second kappa shape index (κ2) is 10.2. The molecule has 1 amide bonds. The van der Waals surface area contributed by atoms with E-state index in [1.54, 1.807) is 0 Å². The van der Waals surface area contributed by atoms with Crippen molar-refractivity contribution in [1.82, 2.24) is 0 Å². The van der Waals surface area contributed by atoms with Crippen molar-refractivity contribution in [1.29, 1.82) is 0 Å². The number of rotatable bonds is 7. The third-order valence-corrected chi connectivity index (χ3v) is 5.13. The molecule has 1 heterocycles. The molecular formula is C23H33N2O2+. The molecule has 0 unspecified atom stereocenters. The number of benzene rings is 1. The van der Waals surface area contributed by atoms with Crippen LogP contribution in [0.25, 0.3) is 0 Å². The van der Waals surface area contributed by atoms with Crippen LogP contribution < -0.4 is 5.32 Å². The van der Waals surface area contributed by atoms with Gasteiger partial charge in [0, 0.05) is 29.7 Å². The van der Waals surface area contributed by atoms with Gasteiger partial charge in [-0.2, -0.15) is 0 Å². The molecule has 2 rings (SSSR count). The molecule has 1 aromatic rings. The lowest BCUT2D eigenvalue weighted by atomic mass is 10.0. The molecule has 1 fully saturated rings. The Morgan fingerprint density at radius 3 is 2.41 bits per heavy atom. The Bertz CT molecular complexity index is 694. The zero-order chi connectivity index (χ0) is 19.7. The van der Waals surface area contributed by atoms with E-state index in [2.05, 4.69) is 31.5 Å². The van der Waals surface area contributed by atoms with Crippen molar-refractivity contribution in [3.8, 4) is 0 Å². The number of hydrogen-bond acceptors (Lipinski definition) is 2. The van der Waals surface area contributed by atoms with Gasteiger partial charge < -0.3 is 14.5 Å². The summed E-state index contributed by atoms with van der Waals surface area (Å²) in [5.74, 6) is -0.0932. The zero-order valence-corrected chi connectivity index (χ0v) is 17.1. The van der Waals surface area contributed by atoms with Crippen molar-refractivity contribution in [2.45, 2.75) is 39.3 Å². The molecule has 1 aromatic carbocycles. The predicted octanol–water partition coefficient (Wildman–Crippen LogP) is 4.46. The van der Waals surface area contributed by atoms with Gasteiger partial charge in [-0.3, -0.25) is 4.79 Å². The van der Waals surface area contributed by atoms with Crippen molar-refractivity contribution in [2.75, 3.05) is 32.6 Å². The largest absolute Gasteiger partial charge is 0.381 e. The Morgan fingerprint density at radius 1 is 1.15 bits per heavy atom. The number of ether oxygens (including phenoxy) is 1. The first-order valence-corrected chi connectivity index (χ1v) is 9.72. The average molecular weight is 370 g/mol. The van der Waals surface area contributed by atoms with Crippen LogP contribution in [-0.2, 0) is 16.1 Å². The van der Waals surface area contributed by atoms with Crippen LogP contribution in [-0.4, -0.2) is 43.7 Å². The molecule has 1 aliphatic heterocycles. The summed E-state index contributed by atoms with van der Waals surface area (Å²) in [6.07, 6.45) is 11.6. The van der Waals surface area contributed by atoms with Gasteiger partial charge in [-0.1, -0.05) is 36.4 Å². The highest BCUT2D eigenvalue weighted by molar-refractivity contribution is 6.05. The average Bonchev–Trinajstić information content (AvgIpc) is 2.67. The maximum atomic E-state index is 12.4. The van der Waals surface area contributed by atoms with E-state index >= 15 is 0 Å². The van der Waals surface area contributed by atoms with Gasteiger partial charge in [0.1, 0.15) is 6.54 Å². The van der Waals surface area contributed by atoms with E-state index in [1.165, 1.54) is 5.56 Å². The van der Waals surface area contributed by atoms with Crippen LogP contribution >= 0.6 is 0 Å². The minimum absolute atomic E-state index is 0.0932. The summed E-state index contributed by atoms with van der Waals surface area (Å²) >= 11 is 0. The van der Waals surface area contributed by atoms with E-state index in [-0.39, 0.29) is 5.91 Å². The minimum atomic E-state index is -0.0932. The van der Waals surface area contributed by atoms with Gasteiger partial charge in [-0.05, 0) is 32.1 Å². The number of amides is 1. The molecule has 0 saturated carbocycles. The molecule has 1 aliphatic rings. The van der Waals surface area contributed by atoms with Gasteiger partial charge in [-0.15, -0.1) is 0 Å². The molecule has 0 aliphatic carbocycles. The van der Waals surface area contributed by atoms with Crippen molar-refractivity contribution >= 4 is 11.6 Å². The van der Waals surface area contributed by atoms with Crippen LogP contribution in [0.1, 0.15) is 32.3 Å². The molecule has 146 valence electrons. The monoisotopic (exact) mass is 369 g/mol. The second-order valence-electron chi connectivity index (χ2n) is 7.56. The highest BCUT2D eigenvalue weighted by atomic mass is 16.5. The summed E-state index contributed by atoms with van der Waals surface area (Å²) < 4.78 is 6.46. The first-order valence-electron chi connectivity index (χ1n) is 9.72. The van der Waals surface area contributed by atoms with Crippen molar-refractivity contribution in [3.63, 3.8) is 0 Å². The third kappa shape index (κ3) is 6.49. The molecule has 0 bridgehead atoms. The van der Waals surface area contributed by atoms with Crippen LogP contribution in [0.15, 0.2) is 60.2 Å². The number of quaternary nitrogens is 1. The number of allylic oxidation sites excluding steroid dienone is 4. The SMILES string of the molecule is C/C=C/C=C\C(=C/C)C(=O)Nc1ccc(C[N+](C)(C)C2CCOCC2)cc1. The molecule has 0 spiro atoms. The first kappa shape index (κ1) is 21.1. The summed E-state index contributed by atoms with van der Waals surface area (Å²) in [7, 11) is 4.59. The quantitative estimate of drug-likeness (QED) is 0.438. The molecule has 27 heavy (non-hydrogen) atoms. The van der Waals surface area contributed by atoms with E-state index < -0.39 is 0 Å². The Kier molecular flexibility index (Phi) is 8.01. The summed E-state index contributed by atoms with van der Waals surface area (Å²) in [5, 5.41) is 2.97. The van der Waals surface area contributed by atoms with Crippen LogP contribution in [0.5, 0.6) is 0 Å². The van der Waals surface area contributed by atoms with Crippen molar-refractivity contribution < 1.29 is 14.0 Å². The fourth-order valence-corrected chi connectivity index (χ4v) is 3.45. The first-order chi connectivity index (χ1) is 13.0. The molecule has 4 heteroatoms. The molecule has 0 atom stereocenters. The maximum Gasteiger partial charge on any atom is 0.255 e. The second-order valence-corrected chi connectivity index (χ2v) is 7.56. The molecular weight excluding hydrogens is 336 g/mol. The number of nitrogens with zero attached hydrogens (tertiary/aromatic N) is 1.